The molecule has 1 unspecified atom stereocenters. The Hall–Kier alpha value is -3.11. The van der Waals surface area contributed by atoms with E-state index in [2.05, 4.69) is 5.32 Å². The van der Waals surface area contributed by atoms with Crippen molar-refractivity contribution in [3.63, 3.8) is 0 Å². The summed E-state index contributed by atoms with van der Waals surface area (Å²) in [5.41, 5.74) is 1.58. The smallest absolute Gasteiger partial charge is 0.229 e. The van der Waals surface area contributed by atoms with Gasteiger partial charge in [0.2, 0.25) is 5.43 Å². The van der Waals surface area contributed by atoms with Gasteiger partial charge in [0.25, 0.3) is 0 Å². The van der Waals surface area contributed by atoms with Crippen molar-refractivity contribution in [1.29, 1.82) is 0 Å². The Kier molecular flexibility index (Phi) is 4.42. The quantitative estimate of drug-likeness (QED) is 0.528. The molecule has 1 atom stereocenters. The monoisotopic (exact) mass is 359 g/mol. The molecule has 1 aromatic heterocycles. The molecule has 2 N–H and O–H groups in total. The first-order valence-corrected chi connectivity index (χ1v) is 9.17. The van der Waals surface area contributed by atoms with Gasteiger partial charge in [0.1, 0.15) is 0 Å². The normalized spacial score (nSPS) is 12.0. The average Bonchev–Trinajstić information content (AvgIpc) is 2.70. The molecule has 0 saturated carbocycles. The number of aromatic hydroxyl groups is 1. The second-order valence-corrected chi connectivity index (χ2v) is 7.08. The Morgan fingerprint density at radius 3 is 2.15 bits per heavy atom. The van der Waals surface area contributed by atoms with Gasteiger partial charge in [-0.2, -0.15) is 0 Å². The van der Waals surface area contributed by atoms with Crippen LogP contribution in [0.2, 0.25) is 0 Å². The fourth-order valence-electron chi connectivity index (χ4n) is 2.99. The zero-order chi connectivity index (χ0) is 17.9. The lowest BCUT2D eigenvalue weighted by Gasteiger charge is -2.21. The molecular formula is C22H17NO2S. The van der Waals surface area contributed by atoms with Crippen LogP contribution in [-0.4, -0.2) is 5.11 Å². The summed E-state index contributed by atoms with van der Waals surface area (Å²) in [4.78, 5) is 13.3. The topological polar surface area (TPSA) is 49.3 Å². The van der Waals surface area contributed by atoms with Crippen molar-refractivity contribution >= 4 is 27.1 Å². The van der Waals surface area contributed by atoms with Crippen LogP contribution >= 0.6 is 11.3 Å². The minimum atomic E-state index is -0.329. The maximum Gasteiger partial charge on any atom is 0.229 e. The molecule has 4 rings (SSSR count). The lowest BCUT2D eigenvalue weighted by molar-refractivity contribution is 0.465. The highest BCUT2D eigenvalue weighted by molar-refractivity contribution is 7.18. The Morgan fingerprint density at radius 2 is 1.42 bits per heavy atom. The summed E-state index contributed by atoms with van der Waals surface area (Å²) in [6, 6.07) is 26.7. The third-order valence-corrected chi connectivity index (χ3v) is 5.50. The number of hydrogen-bond acceptors (Lipinski definition) is 4. The molecule has 0 aliphatic carbocycles. The van der Waals surface area contributed by atoms with Gasteiger partial charge in [-0.25, -0.2) is 0 Å². The van der Waals surface area contributed by atoms with Crippen molar-refractivity contribution in [2.45, 2.75) is 6.04 Å². The summed E-state index contributed by atoms with van der Waals surface area (Å²) in [6.07, 6.45) is 0. The molecule has 0 aliphatic heterocycles. The van der Waals surface area contributed by atoms with Gasteiger partial charge in [0, 0.05) is 15.8 Å². The number of nitrogens with one attached hydrogen (secondary N) is 1. The molecule has 4 aromatic rings. The average molecular weight is 359 g/mol. The first-order chi connectivity index (χ1) is 12.7. The minimum Gasteiger partial charge on any atom is -0.503 e. The molecule has 3 aromatic carbocycles. The van der Waals surface area contributed by atoms with Crippen molar-refractivity contribution in [2.24, 2.45) is 0 Å². The second kappa shape index (κ2) is 7.02. The van der Waals surface area contributed by atoms with E-state index in [1.165, 1.54) is 11.3 Å². The first-order valence-electron chi connectivity index (χ1n) is 8.35. The van der Waals surface area contributed by atoms with Crippen LogP contribution in [0.3, 0.4) is 0 Å². The summed E-state index contributed by atoms with van der Waals surface area (Å²) >= 11 is 1.44. The maximum absolute atomic E-state index is 12.7. The Morgan fingerprint density at radius 1 is 0.808 bits per heavy atom. The van der Waals surface area contributed by atoms with Crippen LogP contribution in [0.4, 0.5) is 5.69 Å². The molecule has 1 heterocycles. The molecule has 0 spiro atoms. The van der Waals surface area contributed by atoms with E-state index in [0.717, 1.165) is 16.0 Å². The number of para-hydroxylation sites is 1. The van der Waals surface area contributed by atoms with Crippen LogP contribution in [0.25, 0.3) is 10.1 Å². The van der Waals surface area contributed by atoms with Crippen molar-refractivity contribution < 1.29 is 5.11 Å². The highest BCUT2D eigenvalue weighted by atomic mass is 32.1. The zero-order valence-electron chi connectivity index (χ0n) is 13.9. The van der Waals surface area contributed by atoms with Crippen molar-refractivity contribution in [1.82, 2.24) is 0 Å². The molecule has 0 aliphatic rings. The lowest BCUT2D eigenvalue weighted by Crippen LogP contribution is -2.14. The van der Waals surface area contributed by atoms with Crippen molar-refractivity contribution in [3.05, 3.63) is 106 Å². The van der Waals surface area contributed by atoms with E-state index in [1.54, 1.807) is 6.07 Å². The molecule has 128 valence electrons. The SMILES string of the molecule is O=c1c(O)c(C(Nc2ccccc2)c2ccccc2)sc2ccccc12. The summed E-state index contributed by atoms with van der Waals surface area (Å²) < 4.78 is 0.862. The summed E-state index contributed by atoms with van der Waals surface area (Å²) in [5.74, 6) is -0.189. The maximum atomic E-state index is 12.7. The summed E-state index contributed by atoms with van der Waals surface area (Å²) in [5, 5.41) is 14.7. The van der Waals surface area contributed by atoms with Crippen LogP contribution in [0.15, 0.2) is 89.7 Å². The predicted octanol–water partition coefficient (Wildman–Crippen LogP) is 5.17. The minimum absolute atomic E-state index is 0.189. The van der Waals surface area contributed by atoms with Gasteiger partial charge < -0.3 is 10.4 Å². The summed E-state index contributed by atoms with van der Waals surface area (Å²) in [6.45, 7) is 0. The van der Waals surface area contributed by atoms with Gasteiger partial charge in [-0.15, -0.1) is 11.3 Å². The fourth-order valence-corrected chi connectivity index (χ4v) is 4.15. The van der Waals surface area contributed by atoms with E-state index < -0.39 is 0 Å². The molecule has 0 saturated heterocycles. The fraction of sp³-hybridized carbons (Fsp3) is 0.0455. The number of rotatable bonds is 4. The van der Waals surface area contributed by atoms with Crippen LogP contribution in [0, 0.1) is 0 Å². The number of anilines is 1. The van der Waals surface area contributed by atoms with E-state index in [4.69, 9.17) is 0 Å². The molecule has 3 nitrogen and oxygen atoms in total. The highest BCUT2D eigenvalue weighted by Crippen LogP contribution is 2.36. The molecular weight excluding hydrogens is 342 g/mol. The Labute approximate surface area is 155 Å². The van der Waals surface area contributed by atoms with Gasteiger partial charge in [-0.3, -0.25) is 4.79 Å². The molecule has 0 amide bonds. The third-order valence-electron chi connectivity index (χ3n) is 4.28. The van der Waals surface area contributed by atoms with Crippen LogP contribution in [-0.2, 0) is 0 Å². The summed E-state index contributed by atoms with van der Waals surface area (Å²) in [7, 11) is 0. The molecule has 4 heteroatoms. The predicted molar refractivity (Wildman–Crippen MR) is 108 cm³/mol. The molecule has 0 fully saturated rings. The molecule has 0 bridgehead atoms. The largest absolute Gasteiger partial charge is 0.503 e. The van der Waals surface area contributed by atoms with Crippen molar-refractivity contribution in [2.75, 3.05) is 5.32 Å². The van der Waals surface area contributed by atoms with Gasteiger partial charge >= 0.3 is 0 Å². The lowest BCUT2D eigenvalue weighted by atomic mass is 10.0. The molecule has 0 radical (unpaired) electrons. The first kappa shape index (κ1) is 16.4. The number of fused-ring (bicyclic) bond motifs is 1. The van der Waals surface area contributed by atoms with E-state index in [9.17, 15) is 9.90 Å². The van der Waals surface area contributed by atoms with Gasteiger partial charge in [0.15, 0.2) is 5.75 Å². The van der Waals surface area contributed by atoms with E-state index in [-0.39, 0.29) is 17.2 Å². The van der Waals surface area contributed by atoms with Crippen molar-refractivity contribution in [3.8, 4) is 5.75 Å². The van der Waals surface area contributed by atoms with Crippen LogP contribution in [0.5, 0.6) is 5.75 Å². The van der Waals surface area contributed by atoms with E-state index in [0.29, 0.717) is 10.3 Å². The molecule has 26 heavy (non-hydrogen) atoms. The number of hydrogen-bond donors (Lipinski definition) is 2. The second-order valence-electron chi connectivity index (χ2n) is 5.99. The van der Waals surface area contributed by atoms with Crippen LogP contribution < -0.4 is 10.7 Å². The Bertz CT molecular complexity index is 1090. The Balaban J connectivity index is 1.90. The van der Waals surface area contributed by atoms with Gasteiger partial charge in [-0.05, 0) is 29.8 Å². The van der Waals surface area contributed by atoms with Gasteiger partial charge in [-0.1, -0.05) is 60.7 Å². The standard InChI is InChI=1S/C22H17NO2S/c24-20-17-13-7-8-14-18(17)26-22(21(20)25)19(15-9-3-1-4-10-15)23-16-11-5-2-6-12-16/h1-14,19,23,25H. The van der Waals surface area contributed by atoms with Crippen LogP contribution in [0.1, 0.15) is 16.5 Å². The van der Waals surface area contributed by atoms with E-state index in [1.807, 2.05) is 78.9 Å². The number of benzene rings is 3. The zero-order valence-corrected chi connectivity index (χ0v) is 14.7. The van der Waals surface area contributed by atoms with Gasteiger partial charge in [0.05, 0.1) is 10.9 Å². The third kappa shape index (κ3) is 3.07. The highest BCUT2D eigenvalue weighted by Gasteiger charge is 2.22. The van der Waals surface area contributed by atoms with E-state index >= 15 is 0 Å².